The summed E-state index contributed by atoms with van der Waals surface area (Å²) in [7, 11) is 0. The van der Waals surface area contributed by atoms with Crippen molar-refractivity contribution in [2.45, 2.75) is 20.0 Å². The fourth-order valence-corrected chi connectivity index (χ4v) is 3.22. The Balaban J connectivity index is 1.46. The first-order valence-corrected chi connectivity index (χ1v) is 9.52. The van der Waals surface area contributed by atoms with Crippen LogP contribution >= 0.6 is 0 Å². The normalized spacial score (nSPS) is 11.0. The summed E-state index contributed by atoms with van der Waals surface area (Å²) in [4.78, 5) is 29.3. The van der Waals surface area contributed by atoms with Crippen molar-refractivity contribution in [3.05, 3.63) is 93.9 Å². The zero-order chi connectivity index (χ0) is 21.1. The fraction of sp³-hybridized carbons (Fsp3) is 0.182. The number of carbonyl (C=O) groups is 1. The fourth-order valence-electron chi connectivity index (χ4n) is 3.22. The van der Waals surface area contributed by atoms with Crippen LogP contribution in [0.4, 0.5) is 4.39 Å². The van der Waals surface area contributed by atoms with Crippen LogP contribution in [0.2, 0.25) is 0 Å². The molecule has 7 nitrogen and oxygen atoms in total. The SMILES string of the molecule is Cc1ccccc1Cn1cnc2c(cnn2CCNC(=O)c2ccc(F)cc2)c1=O. The van der Waals surface area contributed by atoms with E-state index in [1.54, 1.807) is 9.25 Å². The molecule has 0 saturated carbocycles. The number of nitrogens with zero attached hydrogens (tertiary/aromatic N) is 4. The van der Waals surface area contributed by atoms with E-state index in [1.165, 1.54) is 36.8 Å². The van der Waals surface area contributed by atoms with E-state index in [2.05, 4.69) is 15.4 Å². The van der Waals surface area contributed by atoms with Crippen LogP contribution in [0.25, 0.3) is 11.0 Å². The molecule has 2 heterocycles. The lowest BCUT2D eigenvalue weighted by Gasteiger charge is -2.09. The zero-order valence-corrected chi connectivity index (χ0v) is 16.4. The minimum absolute atomic E-state index is 0.162. The van der Waals surface area contributed by atoms with Crippen molar-refractivity contribution in [3.63, 3.8) is 0 Å². The van der Waals surface area contributed by atoms with Crippen molar-refractivity contribution in [3.8, 4) is 0 Å². The van der Waals surface area contributed by atoms with Gasteiger partial charge in [-0.25, -0.2) is 14.1 Å². The monoisotopic (exact) mass is 405 g/mol. The Bertz CT molecular complexity index is 1260. The maximum absolute atomic E-state index is 13.0. The van der Waals surface area contributed by atoms with Crippen molar-refractivity contribution in [2.75, 3.05) is 6.54 Å². The molecule has 0 saturated heterocycles. The van der Waals surface area contributed by atoms with Crippen molar-refractivity contribution >= 4 is 16.9 Å². The average Bonchev–Trinajstić information content (AvgIpc) is 3.16. The molecule has 8 heteroatoms. The van der Waals surface area contributed by atoms with E-state index in [4.69, 9.17) is 0 Å². The first-order valence-electron chi connectivity index (χ1n) is 9.52. The van der Waals surface area contributed by atoms with Gasteiger partial charge in [-0.2, -0.15) is 5.10 Å². The van der Waals surface area contributed by atoms with Crippen LogP contribution in [0.15, 0.2) is 65.8 Å². The number of aromatic nitrogens is 4. The summed E-state index contributed by atoms with van der Waals surface area (Å²) in [5, 5.41) is 7.42. The lowest BCUT2D eigenvalue weighted by molar-refractivity contribution is 0.0952. The molecule has 2 aromatic carbocycles. The highest BCUT2D eigenvalue weighted by atomic mass is 19.1. The van der Waals surface area contributed by atoms with Gasteiger partial charge in [0.1, 0.15) is 17.5 Å². The molecule has 4 aromatic rings. The highest BCUT2D eigenvalue weighted by molar-refractivity contribution is 5.94. The highest BCUT2D eigenvalue weighted by Gasteiger charge is 2.12. The molecule has 0 radical (unpaired) electrons. The molecule has 4 rings (SSSR count). The van der Waals surface area contributed by atoms with Crippen LogP contribution in [0.3, 0.4) is 0 Å². The van der Waals surface area contributed by atoms with E-state index in [1.807, 2.05) is 31.2 Å². The van der Waals surface area contributed by atoms with Crippen molar-refractivity contribution in [2.24, 2.45) is 0 Å². The Morgan fingerprint density at radius 3 is 2.67 bits per heavy atom. The largest absolute Gasteiger partial charge is 0.350 e. The van der Waals surface area contributed by atoms with Gasteiger partial charge in [0.2, 0.25) is 0 Å². The lowest BCUT2D eigenvalue weighted by atomic mass is 10.1. The molecule has 0 spiro atoms. The molecule has 0 fully saturated rings. The van der Waals surface area contributed by atoms with Gasteiger partial charge in [0, 0.05) is 12.1 Å². The molecule has 0 unspecified atom stereocenters. The Kier molecular flexibility index (Phi) is 5.38. The number of nitrogens with one attached hydrogen (secondary N) is 1. The number of rotatable bonds is 6. The first-order chi connectivity index (χ1) is 14.5. The number of hydrogen-bond donors (Lipinski definition) is 1. The summed E-state index contributed by atoms with van der Waals surface area (Å²) in [6.45, 7) is 3.09. The third-order valence-electron chi connectivity index (χ3n) is 4.94. The predicted molar refractivity (Wildman–Crippen MR) is 111 cm³/mol. The molecule has 0 aliphatic heterocycles. The van der Waals surface area contributed by atoms with Gasteiger partial charge in [-0.1, -0.05) is 24.3 Å². The highest BCUT2D eigenvalue weighted by Crippen LogP contribution is 2.10. The number of amides is 1. The second kappa shape index (κ2) is 8.28. The second-order valence-corrected chi connectivity index (χ2v) is 6.97. The lowest BCUT2D eigenvalue weighted by Crippen LogP contribution is -2.27. The van der Waals surface area contributed by atoms with E-state index in [0.717, 1.165) is 11.1 Å². The minimum Gasteiger partial charge on any atom is -0.350 e. The third kappa shape index (κ3) is 3.98. The van der Waals surface area contributed by atoms with Gasteiger partial charge in [0.25, 0.3) is 11.5 Å². The van der Waals surface area contributed by atoms with Gasteiger partial charge in [0.15, 0.2) is 5.65 Å². The average molecular weight is 405 g/mol. The maximum atomic E-state index is 13.0. The molecular weight excluding hydrogens is 385 g/mol. The topological polar surface area (TPSA) is 81.8 Å². The smallest absolute Gasteiger partial charge is 0.264 e. The standard InChI is InChI=1S/C22H20FN5O2/c1-15-4-2-3-5-17(15)13-27-14-25-20-19(22(27)30)12-26-28(20)11-10-24-21(29)16-6-8-18(23)9-7-16/h2-9,12,14H,10-11,13H2,1H3,(H,24,29). The molecule has 0 atom stereocenters. The summed E-state index contributed by atoms with van der Waals surface area (Å²) in [6, 6.07) is 13.2. The molecule has 0 aliphatic rings. The predicted octanol–water partition coefficient (Wildman–Crippen LogP) is 2.52. The number of halogens is 1. The number of hydrogen-bond acceptors (Lipinski definition) is 4. The van der Waals surface area contributed by atoms with Gasteiger partial charge in [0.05, 0.1) is 19.3 Å². The van der Waals surface area contributed by atoms with Gasteiger partial charge >= 0.3 is 0 Å². The van der Waals surface area contributed by atoms with Gasteiger partial charge in [-0.05, 0) is 42.3 Å². The second-order valence-electron chi connectivity index (χ2n) is 6.97. The van der Waals surface area contributed by atoms with Crippen LogP contribution in [0.1, 0.15) is 21.5 Å². The minimum atomic E-state index is -0.395. The molecule has 30 heavy (non-hydrogen) atoms. The van der Waals surface area contributed by atoms with Crippen LogP contribution in [-0.2, 0) is 13.1 Å². The quantitative estimate of drug-likeness (QED) is 0.534. The molecular formula is C22H20FN5O2. The zero-order valence-electron chi connectivity index (χ0n) is 16.4. The number of carbonyl (C=O) groups excluding carboxylic acids is 1. The van der Waals surface area contributed by atoms with E-state index in [0.29, 0.717) is 36.2 Å². The number of fused-ring (bicyclic) bond motifs is 1. The third-order valence-corrected chi connectivity index (χ3v) is 4.94. The van der Waals surface area contributed by atoms with E-state index in [9.17, 15) is 14.0 Å². The molecule has 1 amide bonds. The summed E-state index contributed by atoms with van der Waals surface area (Å²) >= 11 is 0. The van der Waals surface area contributed by atoms with E-state index >= 15 is 0 Å². The van der Waals surface area contributed by atoms with Gasteiger partial charge < -0.3 is 5.32 Å². The Labute approximate surface area is 171 Å². The number of benzene rings is 2. The molecule has 0 bridgehead atoms. The Morgan fingerprint density at radius 1 is 1.13 bits per heavy atom. The van der Waals surface area contributed by atoms with E-state index in [-0.39, 0.29) is 11.5 Å². The molecule has 0 aliphatic carbocycles. The van der Waals surface area contributed by atoms with Crippen LogP contribution in [-0.4, -0.2) is 31.8 Å². The van der Waals surface area contributed by atoms with Crippen LogP contribution < -0.4 is 10.9 Å². The Morgan fingerprint density at radius 2 is 1.90 bits per heavy atom. The summed E-state index contributed by atoms with van der Waals surface area (Å²) in [5.41, 5.74) is 2.84. The molecule has 1 N–H and O–H groups in total. The van der Waals surface area contributed by atoms with Crippen molar-refractivity contribution in [1.29, 1.82) is 0 Å². The maximum Gasteiger partial charge on any atom is 0.264 e. The van der Waals surface area contributed by atoms with Gasteiger partial charge in [-0.3, -0.25) is 14.2 Å². The van der Waals surface area contributed by atoms with Crippen LogP contribution in [0.5, 0.6) is 0 Å². The van der Waals surface area contributed by atoms with Gasteiger partial charge in [-0.15, -0.1) is 0 Å². The Hall–Kier alpha value is -3.81. The van der Waals surface area contributed by atoms with Crippen LogP contribution in [0, 0.1) is 12.7 Å². The molecule has 2 aromatic heterocycles. The molecule has 152 valence electrons. The summed E-state index contributed by atoms with van der Waals surface area (Å²) in [5.74, 6) is -0.700. The number of aryl methyl sites for hydroxylation is 1. The van der Waals surface area contributed by atoms with Crippen molar-refractivity contribution in [1.82, 2.24) is 24.6 Å². The van der Waals surface area contributed by atoms with E-state index < -0.39 is 5.82 Å². The summed E-state index contributed by atoms with van der Waals surface area (Å²) < 4.78 is 16.1. The summed E-state index contributed by atoms with van der Waals surface area (Å²) in [6.07, 6.45) is 3.02. The first kappa shape index (κ1) is 19.5. The van der Waals surface area contributed by atoms with Crippen molar-refractivity contribution < 1.29 is 9.18 Å².